The molecule has 1 N–H and O–H groups in total. The number of hydrogen-bond donors (Lipinski definition) is 1. The van der Waals surface area contributed by atoms with Crippen molar-refractivity contribution >= 4 is 10.0 Å². The maximum absolute atomic E-state index is 11.3. The fourth-order valence-corrected chi connectivity index (χ4v) is 3.44. The highest BCUT2D eigenvalue weighted by molar-refractivity contribution is 7.89. The average Bonchev–Trinajstić information content (AvgIpc) is 2.59. The molecule has 2 unspecified atom stereocenters. The summed E-state index contributed by atoms with van der Waals surface area (Å²) in [5.41, 5.74) is 1.19. The predicted octanol–water partition coefficient (Wildman–Crippen LogP) is 1.48. The quantitative estimate of drug-likeness (QED) is 0.828. The van der Waals surface area contributed by atoms with Crippen LogP contribution in [0.5, 0.6) is 0 Å². The highest BCUT2D eigenvalue weighted by Crippen LogP contribution is 2.24. The van der Waals surface area contributed by atoms with Gasteiger partial charge in [0.25, 0.3) is 0 Å². The van der Waals surface area contributed by atoms with Crippen LogP contribution in [0.15, 0.2) is 30.3 Å². The summed E-state index contributed by atoms with van der Waals surface area (Å²) < 4.78 is 25.2. The number of benzene rings is 1. The van der Waals surface area contributed by atoms with Crippen LogP contribution in [0, 0.1) is 0 Å². The highest BCUT2D eigenvalue weighted by Gasteiger charge is 2.31. The van der Waals surface area contributed by atoms with Gasteiger partial charge < -0.3 is 0 Å². The molecule has 1 saturated heterocycles. The summed E-state index contributed by atoms with van der Waals surface area (Å²) in [4.78, 5) is 0. The summed E-state index contributed by atoms with van der Waals surface area (Å²) in [5, 5.41) is 0. The van der Waals surface area contributed by atoms with E-state index in [4.69, 9.17) is 0 Å². The van der Waals surface area contributed by atoms with Crippen LogP contribution in [0.25, 0.3) is 0 Å². The van der Waals surface area contributed by atoms with E-state index in [-0.39, 0.29) is 17.7 Å². The second-order valence-corrected chi connectivity index (χ2v) is 5.90. The maximum atomic E-state index is 11.3. The Morgan fingerprint density at radius 3 is 2.53 bits per heavy atom. The smallest absolute Gasteiger partial charge is 0.211 e. The minimum absolute atomic E-state index is 0.0531. The molecule has 1 aliphatic heterocycles. The third kappa shape index (κ3) is 2.38. The van der Waals surface area contributed by atoms with E-state index >= 15 is 0 Å². The summed E-state index contributed by atoms with van der Waals surface area (Å²) in [6.07, 6.45) is 0.707. The van der Waals surface area contributed by atoms with Gasteiger partial charge in [-0.25, -0.2) is 13.1 Å². The number of nitrogens with one attached hydrogen (secondary N) is 1. The number of hydrogen-bond acceptors (Lipinski definition) is 2. The summed E-state index contributed by atoms with van der Waals surface area (Å²) >= 11 is 0. The van der Waals surface area contributed by atoms with Gasteiger partial charge in [-0.15, -0.1) is 0 Å². The molecule has 1 aliphatic rings. The first-order valence-electron chi connectivity index (χ1n) is 5.13. The summed E-state index contributed by atoms with van der Waals surface area (Å²) in [6.45, 7) is 2.06. The first-order valence-corrected chi connectivity index (χ1v) is 6.79. The van der Waals surface area contributed by atoms with Gasteiger partial charge in [0.05, 0.1) is 5.75 Å². The van der Waals surface area contributed by atoms with E-state index in [0.717, 1.165) is 0 Å². The van der Waals surface area contributed by atoms with Crippen molar-refractivity contribution in [3.05, 3.63) is 35.9 Å². The van der Waals surface area contributed by atoms with E-state index in [1.165, 1.54) is 5.56 Å². The van der Waals surface area contributed by atoms with Crippen molar-refractivity contribution in [3.63, 3.8) is 0 Å². The van der Waals surface area contributed by atoms with Crippen molar-refractivity contribution < 1.29 is 8.42 Å². The van der Waals surface area contributed by atoms with Crippen molar-refractivity contribution in [1.29, 1.82) is 0 Å². The van der Waals surface area contributed by atoms with Gasteiger partial charge in [0, 0.05) is 6.04 Å². The van der Waals surface area contributed by atoms with Gasteiger partial charge in [0.2, 0.25) is 10.0 Å². The van der Waals surface area contributed by atoms with Crippen molar-refractivity contribution in [2.75, 3.05) is 5.75 Å². The second-order valence-electron chi connectivity index (χ2n) is 4.03. The van der Waals surface area contributed by atoms with Crippen LogP contribution in [0.1, 0.15) is 24.8 Å². The Morgan fingerprint density at radius 2 is 2.00 bits per heavy atom. The van der Waals surface area contributed by atoms with E-state index < -0.39 is 10.0 Å². The van der Waals surface area contributed by atoms with Gasteiger partial charge in [-0.1, -0.05) is 37.3 Å². The molecular formula is C11H15NO2S. The summed E-state index contributed by atoms with van der Waals surface area (Å²) in [5.74, 6) is 0.498. The molecule has 0 radical (unpaired) electrons. The van der Waals surface area contributed by atoms with Gasteiger partial charge in [-0.05, 0) is 17.9 Å². The zero-order valence-electron chi connectivity index (χ0n) is 8.68. The molecule has 0 aromatic heterocycles. The minimum Gasteiger partial charge on any atom is -0.212 e. The molecule has 1 fully saturated rings. The molecule has 3 nitrogen and oxygen atoms in total. The van der Waals surface area contributed by atoms with Crippen LogP contribution < -0.4 is 4.72 Å². The van der Waals surface area contributed by atoms with Gasteiger partial charge in [-0.3, -0.25) is 0 Å². The Balaban J connectivity index is 2.14. The molecule has 0 bridgehead atoms. The largest absolute Gasteiger partial charge is 0.212 e. The molecule has 4 heteroatoms. The molecule has 2 atom stereocenters. The first kappa shape index (κ1) is 10.6. The molecular weight excluding hydrogens is 210 g/mol. The van der Waals surface area contributed by atoms with Crippen molar-refractivity contribution in [2.24, 2.45) is 0 Å². The van der Waals surface area contributed by atoms with E-state index in [2.05, 4.69) is 11.6 Å². The molecule has 82 valence electrons. The molecule has 1 heterocycles. The molecule has 0 amide bonds. The van der Waals surface area contributed by atoms with Gasteiger partial charge in [0.1, 0.15) is 0 Å². The molecule has 1 aromatic carbocycles. The third-order valence-electron chi connectivity index (χ3n) is 2.96. The number of rotatable bonds is 2. The fraction of sp³-hybridized carbons (Fsp3) is 0.455. The van der Waals surface area contributed by atoms with Crippen LogP contribution in [0.3, 0.4) is 0 Å². The summed E-state index contributed by atoms with van der Waals surface area (Å²) in [7, 11) is -3.00. The molecule has 15 heavy (non-hydrogen) atoms. The van der Waals surface area contributed by atoms with Gasteiger partial charge in [-0.2, -0.15) is 0 Å². The van der Waals surface area contributed by atoms with Crippen molar-refractivity contribution in [2.45, 2.75) is 25.3 Å². The van der Waals surface area contributed by atoms with E-state index in [1.807, 2.05) is 30.3 Å². The van der Waals surface area contributed by atoms with E-state index in [1.54, 1.807) is 0 Å². The van der Waals surface area contributed by atoms with Crippen LogP contribution in [-0.4, -0.2) is 20.2 Å². The van der Waals surface area contributed by atoms with Crippen LogP contribution >= 0.6 is 0 Å². The zero-order valence-corrected chi connectivity index (χ0v) is 9.50. The molecule has 0 saturated carbocycles. The van der Waals surface area contributed by atoms with E-state index in [0.29, 0.717) is 6.42 Å². The number of sulfonamides is 1. The molecule has 0 spiro atoms. The second kappa shape index (κ2) is 3.94. The molecule has 0 aliphatic carbocycles. The van der Waals surface area contributed by atoms with E-state index in [9.17, 15) is 8.42 Å². The lowest BCUT2D eigenvalue weighted by Gasteiger charge is -2.18. The lowest BCUT2D eigenvalue weighted by molar-refractivity contribution is 0.530. The van der Waals surface area contributed by atoms with Gasteiger partial charge in [0.15, 0.2) is 0 Å². The average molecular weight is 225 g/mol. The Morgan fingerprint density at radius 1 is 1.33 bits per heavy atom. The molecule has 2 rings (SSSR count). The Hall–Kier alpha value is -0.870. The standard InChI is InChI=1S/C11H15NO2S/c1-9(10-5-3-2-4-6-10)11-7-8-15(13,14)12-11/h2-6,9,11-12H,7-8H2,1H3. The maximum Gasteiger partial charge on any atom is 0.211 e. The van der Waals surface area contributed by atoms with Crippen LogP contribution in [-0.2, 0) is 10.0 Å². The lowest BCUT2D eigenvalue weighted by atomic mass is 9.92. The normalized spacial score (nSPS) is 26.3. The Labute approximate surface area is 90.6 Å². The van der Waals surface area contributed by atoms with Crippen LogP contribution in [0.4, 0.5) is 0 Å². The topological polar surface area (TPSA) is 46.2 Å². The Kier molecular flexibility index (Phi) is 2.80. The van der Waals surface area contributed by atoms with Crippen molar-refractivity contribution in [1.82, 2.24) is 4.72 Å². The predicted molar refractivity (Wildman–Crippen MR) is 60.2 cm³/mol. The van der Waals surface area contributed by atoms with Crippen LogP contribution in [0.2, 0.25) is 0 Å². The summed E-state index contributed by atoms with van der Waals surface area (Å²) in [6, 6.07) is 10.1. The van der Waals surface area contributed by atoms with Gasteiger partial charge >= 0.3 is 0 Å². The Bertz CT molecular complexity index is 427. The zero-order chi connectivity index (χ0) is 10.9. The van der Waals surface area contributed by atoms with Crippen molar-refractivity contribution in [3.8, 4) is 0 Å². The fourth-order valence-electron chi connectivity index (χ4n) is 1.97. The lowest BCUT2D eigenvalue weighted by Crippen LogP contribution is -2.30. The highest BCUT2D eigenvalue weighted by atomic mass is 32.2. The molecule has 1 aromatic rings. The monoisotopic (exact) mass is 225 g/mol. The third-order valence-corrected chi connectivity index (χ3v) is 4.39. The minimum atomic E-state index is -3.00. The first-order chi connectivity index (χ1) is 7.08. The SMILES string of the molecule is CC(c1ccccc1)C1CCS(=O)(=O)N1.